The van der Waals surface area contributed by atoms with Gasteiger partial charge in [-0.15, -0.1) is 0 Å². The maximum Gasteiger partial charge on any atom is 0.469 e. The van der Waals surface area contributed by atoms with Crippen molar-refractivity contribution >= 4 is 19.8 Å². The Kier molecular flexibility index (Phi) is 34.5. The van der Waals surface area contributed by atoms with Crippen molar-refractivity contribution in [2.24, 2.45) is 0 Å². The summed E-state index contributed by atoms with van der Waals surface area (Å²) in [7, 11) is -4.76. The van der Waals surface area contributed by atoms with Crippen LogP contribution in [-0.4, -0.2) is 41.0 Å². The molecule has 0 aliphatic rings. The van der Waals surface area contributed by atoms with Gasteiger partial charge in [-0.25, -0.2) is 4.57 Å². The van der Waals surface area contributed by atoms with Crippen molar-refractivity contribution in [3.63, 3.8) is 0 Å². The molecule has 0 rings (SSSR count). The van der Waals surface area contributed by atoms with E-state index in [4.69, 9.17) is 19.3 Å². The monoisotopic (exact) mass is 720 g/mol. The molecule has 0 saturated heterocycles. The van der Waals surface area contributed by atoms with Crippen LogP contribution in [0.4, 0.5) is 0 Å². The van der Waals surface area contributed by atoms with E-state index in [1.807, 2.05) is 0 Å². The lowest BCUT2D eigenvalue weighted by Crippen LogP contribution is -2.29. The second-order valence-electron chi connectivity index (χ2n) is 12.5. The lowest BCUT2D eigenvalue weighted by Gasteiger charge is -2.18. The van der Waals surface area contributed by atoms with Gasteiger partial charge in [0, 0.05) is 12.8 Å². The molecule has 0 aliphatic carbocycles. The van der Waals surface area contributed by atoms with E-state index in [1.165, 1.54) is 6.42 Å². The number of ether oxygens (including phenoxy) is 2. The standard InChI is InChI=1S/C41H69O8P/c1-3-5-7-9-11-13-15-17-18-19-20-21-22-24-26-28-30-32-34-36-41(43)49-39(38-48-50(44,45)46)37-47-40(42)35-33-31-29-27-25-23-16-14-12-10-8-6-4-2/h5,7-8,10-11,13-14,16-18,20-21,39H,3-4,6,9,12,15,19,22-38H2,1-2H3,(H2,44,45,46)/b7-5-,10-8-,13-11-,16-14-,18-17-,21-20-. The van der Waals surface area contributed by atoms with E-state index in [0.717, 1.165) is 109 Å². The zero-order chi connectivity index (χ0) is 36.8. The highest BCUT2D eigenvalue weighted by Gasteiger charge is 2.22. The second-order valence-corrected chi connectivity index (χ2v) is 13.8. The maximum absolute atomic E-state index is 12.4. The van der Waals surface area contributed by atoms with Crippen molar-refractivity contribution in [2.75, 3.05) is 13.2 Å². The minimum atomic E-state index is -4.76. The number of rotatable bonds is 34. The zero-order valence-electron chi connectivity index (χ0n) is 31.3. The van der Waals surface area contributed by atoms with E-state index in [1.54, 1.807) is 0 Å². The molecule has 2 N–H and O–H groups in total. The molecule has 1 atom stereocenters. The van der Waals surface area contributed by atoms with Crippen molar-refractivity contribution in [2.45, 2.75) is 161 Å². The molecule has 286 valence electrons. The summed E-state index contributed by atoms with van der Waals surface area (Å²) in [6, 6.07) is 0. The van der Waals surface area contributed by atoms with Gasteiger partial charge in [-0.1, -0.05) is 138 Å². The van der Waals surface area contributed by atoms with Gasteiger partial charge in [0.05, 0.1) is 6.61 Å². The molecule has 0 spiro atoms. The van der Waals surface area contributed by atoms with Gasteiger partial charge in [0.1, 0.15) is 6.61 Å². The Bertz CT molecular complexity index is 1040. The van der Waals surface area contributed by atoms with Gasteiger partial charge < -0.3 is 19.3 Å². The number of unbranched alkanes of at least 4 members (excludes halogenated alkanes) is 12. The van der Waals surface area contributed by atoms with Gasteiger partial charge in [-0.3, -0.25) is 14.1 Å². The van der Waals surface area contributed by atoms with E-state index >= 15 is 0 Å². The number of esters is 2. The Labute approximate surface area is 304 Å². The van der Waals surface area contributed by atoms with Gasteiger partial charge >= 0.3 is 19.8 Å². The van der Waals surface area contributed by atoms with Gasteiger partial charge in [0.15, 0.2) is 6.10 Å². The van der Waals surface area contributed by atoms with Crippen molar-refractivity contribution in [1.29, 1.82) is 0 Å². The Morgan fingerprint density at radius 3 is 1.44 bits per heavy atom. The molecular weight excluding hydrogens is 651 g/mol. The molecule has 50 heavy (non-hydrogen) atoms. The van der Waals surface area contributed by atoms with Crippen LogP contribution in [0, 0.1) is 0 Å². The first-order valence-corrected chi connectivity index (χ1v) is 20.8. The largest absolute Gasteiger partial charge is 0.469 e. The molecule has 0 aliphatic heterocycles. The molecule has 0 radical (unpaired) electrons. The summed E-state index contributed by atoms with van der Waals surface area (Å²) in [5, 5.41) is 0. The van der Waals surface area contributed by atoms with E-state index in [-0.39, 0.29) is 19.4 Å². The zero-order valence-corrected chi connectivity index (χ0v) is 32.2. The fourth-order valence-corrected chi connectivity index (χ4v) is 5.23. The fraction of sp³-hybridized carbons (Fsp3) is 0.659. The number of carbonyl (C=O) groups excluding carboxylic acids is 2. The van der Waals surface area contributed by atoms with Crippen molar-refractivity contribution in [1.82, 2.24) is 0 Å². The summed E-state index contributed by atoms with van der Waals surface area (Å²) in [5.41, 5.74) is 0. The van der Waals surface area contributed by atoms with Gasteiger partial charge in [-0.05, 0) is 77.0 Å². The van der Waals surface area contributed by atoms with Crippen molar-refractivity contribution in [3.05, 3.63) is 72.9 Å². The molecule has 8 nitrogen and oxygen atoms in total. The van der Waals surface area contributed by atoms with Crippen LogP contribution >= 0.6 is 7.82 Å². The Hall–Kier alpha value is -2.51. The third-order valence-corrected chi connectivity index (χ3v) is 8.18. The molecule has 0 fully saturated rings. The number of phosphoric acid groups is 1. The number of allylic oxidation sites excluding steroid dienone is 12. The van der Waals surface area contributed by atoms with Crippen LogP contribution < -0.4 is 0 Å². The number of hydrogen-bond donors (Lipinski definition) is 2. The van der Waals surface area contributed by atoms with E-state index in [0.29, 0.717) is 12.8 Å². The molecule has 0 saturated carbocycles. The molecule has 0 aromatic carbocycles. The first kappa shape index (κ1) is 47.5. The molecule has 0 amide bonds. The smallest absolute Gasteiger partial charge is 0.462 e. The van der Waals surface area contributed by atoms with Crippen LogP contribution in [0.15, 0.2) is 72.9 Å². The highest BCUT2D eigenvalue weighted by molar-refractivity contribution is 7.46. The number of carbonyl (C=O) groups is 2. The Morgan fingerprint density at radius 1 is 0.540 bits per heavy atom. The SMILES string of the molecule is CC/C=C\C/C=C\C/C=C\C/C=C\CCCCCCCCC(=O)OC(COC(=O)CCCCCCC/C=C\C/C=C\CCC)COP(=O)(O)O. The quantitative estimate of drug-likeness (QED) is 0.0292. The summed E-state index contributed by atoms with van der Waals surface area (Å²) in [4.78, 5) is 42.7. The third kappa shape index (κ3) is 38.3. The van der Waals surface area contributed by atoms with Gasteiger partial charge in [0.25, 0.3) is 0 Å². The molecule has 9 heteroatoms. The molecule has 0 aromatic heterocycles. The van der Waals surface area contributed by atoms with Crippen LogP contribution in [0.25, 0.3) is 0 Å². The number of hydrogen-bond acceptors (Lipinski definition) is 6. The van der Waals surface area contributed by atoms with Crippen molar-refractivity contribution in [3.8, 4) is 0 Å². The summed E-state index contributed by atoms with van der Waals surface area (Å²) in [6.45, 7) is 3.46. The highest BCUT2D eigenvalue weighted by atomic mass is 31.2. The Balaban J connectivity index is 4.02. The second kappa shape index (κ2) is 36.3. The van der Waals surface area contributed by atoms with Crippen LogP contribution in [0.2, 0.25) is 0 Å². The lowest BCUT2D eigenvalue weighted by atomic mass is 10.1. The maximum atomic E-state index is 12.4. The third-order valence-electron chi connectivity index (χ3n) is 7.69. The molecule has 0 heterocycles. The van der Waals surface area contributed by atoms with E-state index in [2.05, 4.69) is 91.3 Å². The average molecular weight is 721 g/mol. The van der Waals surface area contributed by atoms with Crippen LogP contribution in [0.3, 0.4) is 0 Å². The molecule has 0 bridgehead atoms. The minimum Gasteiger partial charge on any atom is -0.462 e. The van der Waals surface area contributed by atoms with Gasteiger partial charge in [0.2, 0.25) is 0 Å². The van der Waals surface area contributed by atoms with E-state index in [9.17, 15) is 14.2 Å². The highest BCUT2D eigenvalue weighted by Crippen LogP contribution is 2.36. The fourth-order valence-electron chi connectivity index (χ4n) is 4.87. The first-order chi connectivity index (χ1) is 24.3. The van der Waals surface area contributed by atoms with E-state index < -0.39 is 32.5 Å². The summed E-state index contributed by atoms with van der Waals surface area (Å²) >= 11 is 0. The van der Waals surface area contributed by atoms with Gasteiger partial charge in [-0.2, -0.15) is 0 Å². The molecular formula is C41H69O8P. The first-order valence-electron chi connectivity index (χ1n) is 19.2. The van der Waals surface area contributed by atoms with Crippen LogP contribution in [0.5, 0.6) is 0 Å². The molecule has 0 aromatic rings. The predicted octanol–water partition coefficient (Wildman–Crippen LogP) is 11.5. The van der Waals surface area contributed by atoms with Crippen molar-refractivity contribution < 1.29 is 37.9 Å². The Morgan fingerprint density at radius 2 is 0.960 bits per heavy atom. The topological polar surface area (TPSA) is 119 Å². The lowest BCUT2D eigenvalue weighted by molar-refractivity contribution is -0.161. The normalized spacial score (nSPS) is 13.3. The average Bonchev–Trinajstić information content (AvgIpc) is 3.08. The predicted molar refractivity (Wildman–Crippen MR) is 207 cm³/mol. The number of phosphoric ester groups is 1. The summed E-state index contributed by atoms with van der Waals surface area (Å²) in [6.07, 6.45) is 46.2. The molecule has 1 unspecified atom stereocenters. The van der Waals surface area contributed by atoms with Crippen LogP contribution in [-0.2, 0) is 28.2 Å². The summed E-state index contributed by atoms with van der Waals surface area (Å²) in [5.74, 6) is -0.925. The minimum absolute atomic E-state index is 0.189. The summed E-state index contributed by atoms with van der Waals surface area (Å²) < 4.78 is 26.3. The van der Waals surface area contributed by atoms with Crippen LogP contribution in [0.1, 0.15) is 155 Å².